The lowest BCUT2D eigenvalue weighted by molar-refractivity contribution is 0.366. The number of anilines is 1. The molecule has 0 aliphatic carbocycles. The van der Waals surface area contributed by atoms with Crippen LogP contribution in [0.25, 0.3) is 11.0 Å². The Bertz CT molecular complexity index is 823. The molecule has 0 fully saturated rings. The van der Waals surface area contributed by atoms with Crippen molar-refractivity contribution in [2.75, 3.05) is 4.72 Å². The van der Waals surface area contributed by atoms with Gasteiger partial charge in [0.15, 0.2) is 22.5 Å². The zero-order valence-electron chi connectivity index (χ0n) is 12.6. The molecule has 114 valence electrons. The van der Waals surface area contributed by atoms with Gasteiger partial charge in [-0.1, -0.05) is 18.2 Å². The number of fused-ring (bicyclic) bond motifs is 1. The van der Waals surface area contributed by atoms with Gasteiger partial charge in [-0.3, -0.25) is 4.72 Å². The predicted molar refractivity (Wildman–Crippen MR) is 86.8 cm³/mol. The highest BCUT2D eigenvalue weighted by Gasteiger charge is 2.20. The van der Waals surface area contributed by atoms with E-state index in [9.17, 15) is 4.21 Å². The van der Waals surface area contributed by atoms with Gasteiger partial charge >= 0.3 is 0 Å². The number of hydrogen-bond acceptors (Lipinski definition) is 4. The average molecular weight is 315 g/mol. The molecule has 0 saturated heterocycles. The van der Waals surface area contributed by atoms with Crippen LogP contribution in [0.3, 0.4) is 0 Å². The Labute approximate surface area is 131 Å². The zero-order chi connectivity index (χ0) is 15.7. The smallest absolute Gasteiger partial charge is 0.163 e. The Morgan fingerprint density at radius 1 is 1.14 bits per heavy atom. The molecular formula is C15H17N5OS. The van der Waals surface area contributed by atoms with Gasteiger partial charge in [0.1, 0.15) is 6.33 Å². The fourth-order valence-corrected chi connectivity index (χ4v) is 2.97. The number of nitrogens with one attached hydrogen (secondary N) is 1. The summed E-state index contributed by atoms with van der Waals surface area (Å²) in [5.41, 5.74) is 0.529. The van der Waals surface area contributed by atoms with E-state index in [2.05, 4.69) is 40.6 Å². The molecular weight excluding hydrogens is 298 g/mol. The lowest BCUT2D eigenvalue weighted by Gasteiger charge is -2.19. The van der Waals surface area contributed by atoms with Crippen molar-refractivity contribution in [3.05, 3.63) is 42.9 Å². The second-order valence-corrected chi connectivity index (χ2v) is 7.08. The highest BCUT2D eigenvalue weighted by atomic mass is 32.2. The highest BCUT2D eigenvalue weighted by molar-refractivity contribution is 7.86. The fourth-order valence-electron chi connectivity index (χ4n) is 2.11. The molecule has 3 rings (SSSR count). The molecule has 2 aromatic heterocycles. The molecule has 0 aliphatic heterocycles. The monoisotopic (exact) mass is 315 g/mol. The van der Waals surface area contributed by atoms with Crippen LogP contribution in [0.4, 0.5) is 5.82 Å². The lowest BCUT2D eigenvalue weighted by Crippen LogP contribution is -2.23. The SMILES string of the molecule is CC(C)(C)n1ncc2c(NS(=O)c3ccccc3)ncnc21. The summed E-state index contributed by atoms with van der Waals surface area (Å²) in [6.45, 7) is 6.16. The van der Waals surface area contributed by atoms with Crippen LogP contribution in [-0.4, -0.2) is 24.0 Å². The molecule has 0 radical (unpaired) electrons. The molecule has 1 atom stereocenters. The summed E-state index contributed by atoms with van der Waals surface area (Å²) in [6, 6.07) is 9.20. The number of aromatic nitrogens is 4. The second-order valence-electron chi connectivity index (χ2n) is 5.87. The first-order valence-corrected chi connectivity index (χ1v) is 8.04. The van der Waals surface area contributed by atoms with Crippen LogP contribution in [0.2, 0.25) is 0 Å². The molecule has 3 aromatic rings. The van der Waals surface area contributed by atoms with E-state index >= 15 is 0 Å². The Balaban J connectivity index is 1.99. The number of benzene rings is 1. The van der Waals surface area contributed by atoms with Crippen molar-refractivity contribution in [2.24, 2.45) is 0 Å². The Kier molecular flexibility index (Phi) is 3.66. The fraction of sp³-hybridized carbons (Fsp3) is 0.267. The molecule has 0 aliphatic rings. The zero-order valence-corrected chi connectivity index (χ0v) is 13.5. The summed E-state index contributed by atoms with van der Waals surface area (Å²) in [7, 11) is -1.38. The highest BCUT2D eigenvalue weighted by Crippen LogP contribution is 2.24. The van der Waals surface area contributed by atoms with E-state index in [0.29, 0.717) is 10.7 Å². The maximum absolute atomic E-state index is 12.4. The Hall–Kier alpha value is -2.28. The molecule has 22 heavy (non-hydrogen) atoms. The minimum absolute atomic E-state index is 0.189. The normalized spacial score (nSPS) is 13.2. The van der Waals surface area contributed by atoms with Crippen LogP contribution in [0.15, 0.2) is 47.8 Å². The third kappa shape index (κ3) is 2.71. The van der Waals surface area contributed by atoms with Crippen molar-refractivity contribution in [3.63, 3.8) is 0 Å². The third-order valence-corrected chi connectivity index (χ3v) is 4.23. The van der Waals surface area contributed by atoms with Gasteiger partial charge < -0.3 is 0 Å². The first-order valence-electron chi connectivity index (χ1n) is 6.89. The minimum atomic E-state index is -1.38. The van der Waals surface area contributed by atoms with Gasteiger partial charge in [0, 0.05) is 0 Å². The minimum Gasteiger partial charge on any atom is -0.285 e. The van der Waals surface area contributed by atoms with Crippen LogP contribution >= 0.6 is 0 Å². The standard InChI is InChI=1S/C15H17N5OS/c1-15(2,3)20-14-12(9-18-20)13(16-10-17-14)19-22(21)11-7-5-4-6-8-11/h4-10H,1-3H3,(H,16,17,19). The molecule has 6 nitrogen and oxygen atoms in total. The van der Waals surface area contributed by atoms with E-state index < -0.39 is 11.0 Å². The van der Waals surface area contributed by atoms with Crippen molar-refractivity contribution in [3.8, 4) is 0 Å². The van der Waals surface area contributed by atoms with Crippen LogP contribution in [0, 0.1) is 0 Å². The predicted octanol–water partition coefficient (Wildman–Crippen LogP) is 2.72. The van der Waals surface area contributed by atoms with Crippen LogP contribution in [0.5, 0.6) is 0 Å². The summed E-state index contributed by atoms with van der Waals surface area (Å²) >= 11 is 0. The molecule has 0 spiro atoms. The molecule has 0 bridgehead atoms. The van der Waals surface area contributed by atoms with E-state index in [1.54, 1.807) is 18.3 Å². The van der Waals surface area contributed by atoms with Crippen molar-refractivity contribution in [2.45, 2.75) is 31.2 Å². The van der Waals surface area contributed by atoms with Crippen molar-refractivity contribution in [1.82, 2.24) is 19.7 Å². The Morgan fingerprint density at radius 3 is 2.55 bits per heavy atom. The summed E-state index contributed by atoms with van der Waals surface area (Å²) in [5.74, 6) is 0.516. The summed E-state index contributed by atoms with van der Waals surface area (Å²) in [6.07, 6.45) is 3.15. The number of rotatable bonds is 3. The summed E-state index contributed by atoms with van der Waals surface area (Å²) in [4.78, 5) is 9.19. The number of hydrogen-bond donors (Lipinski definition) is 1. The second kappa shape index (κ2) is 5.49. The van der Waals surface area contributed by atoms with Gasteiger partial charge in [0.05, 0.1) is 22.0 Å². The van der Waals surface area contributed by atoms with Crippen molar-refractivity contribution < 1.29 is 4.21 Å². The molecule has 2 heterocycles. The Morgan fingerprint density at radius 2 is 1.86 bits per heavy atom. The van der Waals surface area contributed by atoms with E-state index in [0.717, 1.165) is 11.0 Å². The average Bonchev–Trinajstić information content (AvgIpc) is 2.93. The number of nitrogens with zero attached hydrogens (tertiary/aromatic N) is 4. The van der Waals surface area contributed by atoms with Crippen molar-refractivity contribution in [1.29, 1.82) is 0 Å². The van der Waals surface area contributed by atoms with Crippen LogP contribution in [0.1, 0.15) is 20.8 Å². The first kappa shape index (κ1) is 14.6. The van der Waals surface area contributed by atoms with Crippen molar-refractivity contribution >= 4 is 27.8 Å². The van der Waals surface area contributed by atoms with Crippen LogP contribution in [-0.2, 0) is 16.5 Å². The van der Waals surface area contributed by atoms with E-state index in [1.807, 2.05) is 22.9 Å². The summed E-state index contributed by atoms with van der Waals surface area (Å²) < 4.78 is 17.1. The van der Waals surface area contributed by atoms with Gasteiger partial charge in [0.2, 0.25) is 0 Å². The largest absolute Gasteiger partial charge is 0.285 e. The lowest BCUT2D eigenvalue weighted by atomic mass is 10.1. The topological polar surface area (TPSA) is 72.7 Å². The molecule has 0 amide bonds. The van der Waals surface area contributed by atoms with Crippen LogP contribution < -0.4 is 4.72 Å². The van der Waals surface area contributed by atoms with Gasteiger partial charge in [0.25, 0.3) is 0 Å². The van der Waals surface area contributed by atoms with Gasteiger partial charge in [-0.25, -0.2) is 18.9 Å². The molecule has 1 N–H and O–H groups in total. The molecule has 1 unspecified atom stereocenters. The quantitative estimate of drug-likeness (QED) is 0.806. The summed E-state index contributed by atoms with van der Waals surface area (Å²) in [5, 5.41) is 5.13. The maximum Gasteiger partial charge on any atom is 0.163 e. The van der Waals surface area contributed by atoms with E-state index in [-0.39, 0.29) is 5.54 Å². The molecule has 7 heteroatoms. The van der Waals surface area contributed by atoms with Gasteiger partial charge in [-0.15, -0.1) is 0 Å². The van der Waals surface area contributed by atoms with E-state index in [4.69, 9.17) is 0 Å². The molecule has 0 saturated carbocycles. The third-order valence-electron chi connectivity index (χ3n) is 3.15. The van der Waals surface area contributed by atoms with E-state index in [1.165, 1.54) is 6.33 Å². The van der Waals surface area contributed by atoms with Gasteiger partial charge in [-0.2, -0.15) is 5.10 Å². The first-order chi connectivity index (χ1) is 10.5. The van der Waals surface area contributed by atoms with Gasteiger partial charge in [-0.05, 0) is 32.9 Å². The molecule has 1 aromatic carbocycles. The maximum atomic E-state index is 12.4.